The van der Waals surface area contributed by atoms with E-state index in [4.69, 9.17) is 9.47 Å². The highest BCUT2D eigenvalue weighted by Crippen LogP contribution is 2.32. The minimum absolute atomic E-state index is 0.353. The second-order valence-electron chi connectivity index (χ2n) is 6.24. The Kier molecular flexibility index (Phi) is 5.89. The second-order valence-corrected chi connectivity index (χ2v) is 7.24. The highest BCUT2D eigenvalue weighted by atomic mass is 32.1. The van der Waals surface area contributed by atoms with E-state index in [-0.39, 0.29) is 0 Å². The van der Waals surface area contributed by atoms with Crippen molar-refractivity contribution < 1.29 is 14.6 Å². The molecule has 0 fully saturated rings. The van der Waals surface area contributed by atoms with Gasteiger partial charge in [-0.05, 0) is 48.1 Å². The molecule has 0 saturated heterocycles. The predicted molar refractivity (Wildman–Crippen MR) is 96.7 cm³/mol. The number of rotatable bonds is 7. The molecule has 5 heteroatoms. The van der Waals surface area contributed by atoms with Crippen LogP contribution >= 0.6 is 11.3 Å². The van der Waals surface area contributed by atoms with Gasteiger partial charge in [0.1, 0.15) is 5.75 Å². The van der Waals surface area contributed by atoms with Crippen LogP contribution in [0.15, 0.2) is 35.7 Å². The molecule has 0 radical (unpaired) electrons. The van der Waals surface area contributed by atoms with E-state index in [1.807, 2.05) is 35.6 Å². The first kappa shape index (κ1) is 17.4. The van der Waals surface area contributed by atoms with Crippen molar-refractivity contribution in [2.75, 3.05) is 26.8 Å². The van der Waals surface area contributed by atoms with E-state index in [0.29, 0.717) is 25.8 Å². The number of nitrogens with zero attached hydrogens (tertiary/aromatic N) is 1. The number of fused-ring (bicyclic) bond motifs is 1. The molecule has 130 valence electrons. The van der Waals surface area contributed by atoms with Crippen LogP contribution in [-0.4, -0.2) is 42.9 Å². The quantitative estimate of drug-likeness (QED) is 0.835. The van der Waals surface area contributed by atoms with Crippen molar-refractivity contribution in [3.8, 4) is 5.75 Å². The minimum atomic E-state index is -0.467. The number of aliphatic hydroxyl groups excluding tert-OH is 1. The number of thiophene rings is 1. The molecule has 4 nitrogen and oxygen atoms in total. The van der Waals surface area contributed by atoms with Gasteiger partial charge in [-0.3, -0.25) is 4.90 Å². The smallest absolute Gasteiger partial charge is 0.118 e. The molecule has 24 heavy (non-hydrogen) atoms. The van der Waals surface area contributed by atoms with Gasteiger partial charge in [0.2, 0.25) is 0 Å². The molecule has 2 atom stereocenters. The molecule has 3 rings (SSSR count). The fourth-order valence-corrected chi connectivity index (χ4v) is 4.13. The standard InChI is InChI=1S/C19H25NO3S/c1-14-18-8-10-24-19(18)7-9-20(14)11-16(21)13-23-12-15-3-5-17(22-2)6-4-15/h3-6,8,10,14,16,21H,7,9,11-13H2,1-2H3/t14-,16+/m1/s1. The minimum Gasteiger partial charge on any atom is -0.497 e. The summed E-state index contributed by atoms with van der Waals surface area (Å²) in [7, 11) is 1.66. The number of hydrogen-bond acceptors (Lipinski definition) is 5. The SMILES string of the molecule is COc1ccc(COC[C@@H](O)CN2CCc3sccc3[C@H]2C)cc1. The maximum absolute atomic E-state index is 10.3. The van der Waals surface area contributed by atoms with Crippen LogP contribution in [0.5, 0.6) is 5.75 Å². The van der Waals surface area contributed by atoms with E-state index >= 15 is 0 Å². The van der Waals surface area contributed by atoms with Gasteiger partial charge in [0.15, 0.2) is 0 Å². The van der Waals surface area contributed by atoms with E-state index in [1.54, 1.807) is 7.11 Å². The van der Waals surface area contributed by atoms with Crippen molar-refractivity contribution in [2.45, 2.75) is 32.1 Å². The number of β-amino-alcohol motifs (C(OH)–C–C–N with tert-alkyl or cyclic N) is 1. The van der Waals surface area contributed by atoms with Gasteiger partial charge in [-0.1, -0.05) is 12.1 Å². The lowest BCUT2D eigenvalue weighted by Gasteiger charge is -2.34. The van der Waals surface area contributed by atoms with E-state index < -0.39 is 6.10 Å². The van der Waals surface area contributed by atoms with Crippen LogP contribution < -0.4 is 4.74 Å². The van der Waals surface area contributed by atoms with Gasteiger partial charge in [-0.2, -0.15) is 0 Å². The largest absolute Gasteiger partial charge is 0.497 e. The Hall–Kier alpha value is -1.40. The first-order chi connectivity index (χ1) is 11.7. The van der Waals surface area contributed by atoms with E-state index in [0.717, 1.165) is 24.3 Å². The van der Waals surface area contributed by atoms with Crippen LogP contribution in [0.4, 0.5) is 0 Å². The van der Waals surface area contributed by atoms with Gasteiger partial charge in [0.05, 0.1) is 26.4 Å². The molecule has 0 unspecified atom stereocenters. The molecule has 2 aromatic rings. The van der Waals surface area contributed by atoms with E-state index in [2.05, 4.69) is 23.3 Å². The van der Waals surface area contributed by atoms with E-state index in [1.165, 1.54) is 10.4 Å². The molecule has 0 spiro atoms. The molecule has 0 saturated carbocycles. The van der Waals surface area contributed by atoms with Crippen molar-refractivity contribution in [3.63, 3.8) is 0 Å². The first-order valence-corrected chi connectivity index (χ1v) is 9.24. The Morgan fingerprint density at radius 1 is 1.29 bits per heavy atom. The molecule has 1 aliphatic heterocycles. The van der Waals surface area contributed by atoms with Crippen LogP contribution in [0.3, 0.4) is 0 Å². The monoisotopic (exact) mass is 347 g/mol. The van der Waals surface area contributed by atoms with Gasteiger partial charge >= 0.3 is 0 Å². The average molecular weight is 347 g/mol. The summed E-state index contributed by atoms with van der Waals surface area (Å²) >= 11 is 1.84. The van der Waals surface area contributed by atoms with Crippen molar-refractivity contribution >= 4 is 11.3 Å². The number of hydrogen-bond donors (Lipinski definition) is 1. The highest BCUT2D eigenvalue weighted by molar-refractivity contribution is 7.10. The first-order valence-electron chi connectivity index (χ1n) is 8.36. The molecule has 1 aliphatic rings. The molecule has 1 aromatic heterocycles. The normalized spacial score (nSPS) is 19.0. The Labute approximate surface area is 147 Å². The molecule has 0 aliphatic carbocycles. The maximum Gasteiger partial charge on any atom is 0.118 e. The van der Waals surface area contributed by atoms with Gasteiger partial charge in [-0.25, -0.2) is 0 Å². The third-order valence-electron chi connectivity index (χ3n) is 4.59. The molecule has 1 aromatic carbocycles. The van der Waals surface area contributed by atoms with Crippen LogP contribution in [-0.2, 0) is 17.8 Å². The third-order valence-corrected chi connectivity index (χ3v) is 5.58. The Bertz CT molecular complexity index is 640. The lowest BCUT2D eigenvalue weighted by Crippen LogP contribution is -2.40. The fraction of sp³-hybridized carbons (Fsp3) is 0.474. The molecular weight excluding hydrogens is 322 g/mol. The zero-order valence-electron chi connectivity index (χ0n) is 14.3. The summed E-state index contributed by atoms with van der Waals surface area (Å²) in [5.74, 6) is 0.839. The van der Waals surface area contributed by atoms with Crippen LogP contribution in [0.1, 0.15) is 29.0 Å². The number of benzene rings is 1. The van der Waals surface area contributed by atoms with Crippen LogP contribution in [0.2, 0.25) is 0 Å². The number of aliphatic hydroxyl groups is 1. The summed E-state index contributed by atoms with van der Waals surface area (Å²) in [6.45, 7) is 4.73. The summed E-state index contributed by atoms with van der Waals surface area (Å²) in [5.41, 5.74) is 2.50. The zero-order chi connectivity index (χ0) is 16.9. The van der Waals surface area contributed by atoms with Gasteiger partial charge in [0.25, 0.3) is 0 Å². The lowest BCUT2D eigenvalue weighted by atomic mass is 10.0. The Morgan fingerprint density at radius 2 is 2.08 bits per heavy atom. The summed E-state index contributed by atoms with van der Waals surface area (Å²) in [6.07, 6.45) is 0.613. The zero-order valence-corrected chi connectivity index (χ0v) is 15.1. The summed E-state index contributed by atoms with van der Waals surface area (Å²) in [4.78, 5) is 3.83. The molecule has 2 heterocycles. The van der Waals surface area contributed by atoms with Crippen molar-refractivity contribution in [3.05, 3.63) is 51.7 Å². The number of ether oxygens (including phenoxy) is 2. The van der Waals surface area contributed by atoms with Crippen molar-refractivity contribution in [2.24, 2.45) is 0 Å². The van der Waals surface area contributed by atoms with Gasteiger partial charge < -0.3 is 14.6 Å². The Balaban J connectivity index is 1.43. The molecule has 1 N–H and O–H groups in total. The lowest BCUT2D eigenvalue weighted by molar-refractivity contribution is 0.00224. The highest BCUT2D eigenvalue weighted by Gasteiger charge is 2.26. The van der Waals surface area contributed by atoms with Gasteiger partial charge in [0, 0.05) is 24.0 Å². The summed E-state index contributed by atoms with van der Waals surface area (Å²) in [6, 6.07) is 10.4. The molecular formula is C19H25NO3S. The van der Waals surface area contributed by atoms with Crippen LogP contribution in [0, 0.1) is 0 Å². The predicted octanol–water partition coefficient (Wildman–Crippen LogP) is 3.25. The number of methoxy groups -OCH3 is 1. The third kappa shape index (κ3) is 4.16. The summed E-state index contributed by atoms with van der Waals surface area (Å²) < 4.78 is 10.8. The average Bonchev–Trinajstić information content (AvgIpc) is 3.07. The molecule has 0 bridgehead atoms. The van der Waals surface area contributed by atoms with Crippen molar-refractivity contribution in [1.82, 2.24) is 4.90 Å². The Morgan fingerprint density at radius 3 is 2.83 bits per heavy atom. The van der Waals surface area contributed by atoms with E-state index in [9.17, 15) is 5.11 Å². The second kappa shape index (κ2) is 8.12. The van der Waals surface area contributed by atoms with Crippen LogP contribution in [0.25, 0.3) is 0 Å². The topological polar surface area (TPSA) is 41.9 Å². The molecule has 0 amide bonds. The van der Waals surface area contributed by atoms with Crippen molar-refractivity contribution in [1.29, 1.82) is 0 Å². The van der Waals surface area contributed by atoms with Gasteiger partial charge in [-0.15, -0.1) is 11.3 Å². The maximum atomic E-state index is 10.3. The fourth-order valence-electron chi connectivity index (χ4n) is 3.17. The summed E-state index contributed by atoms with van der Waals surface area (Å²) in [5, 5.41) is 12.5.